The quantitative estimate of drug-likeness (QED) is 0.0368. The summed E-state index contributed by atoms with van der Waals surface area (Å²) in [5.74, 6) is -0.452. The van der Waals surface area contributed by atoms with E-state index in [0.29, 0.717) is 13.0 Å². The maximum atomic E-state index is 12.1. The zero-order valence-corrected chi connectivity index (χ0v) is 30.6. The minimum Gasteiger partial charge on any atom is -0.790 e. The van der Waals surface area contributed by atoms with Crippen molar-refractivity contribution in [3.63, 3.8) is 0 Å². The summed E-state index contributed by atoms with van der Waals surface area (Å²) in [6, 6.07) is 0. The van der Waals surface area contributed by atoms with Crippen LogP contribution in [0.2, 0.25) is 0 Å². The molecular formula is C27H52NNa2O9P. The molecule has 0 radical (unpaired) electrons. The summed E-state index contributed by atoms with van der Waals surface area (Å²) in [4.78, 5) is 44.6. The van der Waals surface area contributed by atoms with Crippen molar-refractivity contribution < 1.29 is 102 Å². The van der Waals surface area contributed by atoms with Crippen LogP contribution >= 0.6 is 7.82 Å². The molecule has 1 N–H and O–H groups in total. The summed E-state index contributed by atoms with van der Waals surface area (Å²) >= 11 is 0. The smallest absolute Gasteiger partial charge is 0.790 e. The second-order valence-electron chi connectivity index (χ2n) is 9.79. The number of hydrogen-bond acceptors (Lipinski definition) is 9. The van der Waals surface area contributed by atoms with Crippen LogP contribution in [0.1, 0.15) is 123 Å². The third kappa shape index (κ3) is 37.0. The first-order valence-electron chi connectivity index (χ1n) is 14.5. The Labute approximate surface area is 287 Å². The van der Waals surface area contributed by atoms with Crippen LogP contribution in [0.5, 0.6) is 0 Å². The van der Waals surface area contributed by atoms with Crippen molar-refractivity contribution in [1.29, 1.82) is 0 Å². The molecule has 0 heterocycles. The van der Waals surface area contributed by atoms with Crippen LogP contribution in [0.4, 0.5) is 0 Å². The van der Waals surface area contributed by atoms with Gasteiger partial charge < -0.3 is 38.4 Å². The number of amides is 1. The van der Waals surface area contributed by atoms with Crippen molar-refractivity contribution in [3.8, 4) is 0 Å². The Bertz CT molecular complexity index is 627. The molecule has 0 unspecified atom stereocenters. The van der Waals surface area contributed by atoms with Crippen molar-refractivity contribution in [2.45, 2.75) is 129 Å². The molecule has 0 aromatic carbocycles. The summed E-state index contributed by atoms with van der Waals surface area (Å²) in [7, 11) is -5.18. The molecule has 10 nitrogen and oxygen atoms in total. The molecule has 0 saturated heterocycles. The number of esters is 1. The van der Waals surface area contributed by atoms with Crippen LogP contribution in [-0.2, 0) is 32.9 Å². The van der Waals surface area contributed by atoms with Crippen LogP contribution < -0.4 is 74.2 Å². The summed E-state index contributed by atoms with van der Waals surface area (Å²) in [5, 5.41) is 2.79. The SMILES string of the molecule is CCCCCCCCCCCC(=O)O[C@@H](COCOCCCCCCCCCNC(C)=O)COP(=O)([O-])[O-].[Na+].[Na+]. The molecule has 226 valence electrons. The monoisotopic (exact) mass is 611 g/mol. The Balaban J connectivity index is -0.00000684. The Morgan fingerprint density at radius 1 is 0.750 bits per heavy atom. The van der Waals surface area contributed by atoms with Crippen LogP contribution in [0.3, 0.4) is 0 Å². The van der Waals surface area contributed by atoms with Crippen molar-refractivity contribution in [2.75, 3.05) is 33.2 Å². The number of phosphoric ester groups is 1. The van der Waals surface area contributed by atoms with Crippen molar-refractivity contribution >= 4 is 19.7 Å². The first kappa shape index (κ1) is 45.4. The van der Waals surface area contributed by atoms with Crippen molar-refractivity contribution in [3.05, 3.63) is 0 Å². The average Bonchev–Trinajstić information content (AvgIpc) is 2.85. The molecular weight excluding hydrogens is 559 g/mol. The summed E-state index contributed by atoms with van der Waals surface area (Å²) in [6.45, 7) is 4.27. The third-order valence-electron chi connectivity index (χ3n) is 6.01. The molecule has 0 bridgehead atoms. The van der Waals surface area contributed by atoms with Crippen LogP contribution in [0, 0.1) is 0 Å². The molecule has 0 fully saturated rings. The Hall–Kier alpha value is 0.970. The molecule has 0 aliphatic rings. The fourth-order valence-corrected chi connectivity index (χ4v) is 4.24. The molecule has 13 heteroatoms. The Morgan fingerprint density at radius 3 is 1.82 bits per heavy atom. The van der Waals surface area contributed by atoms with Gasteiger partial charge in [-0.15, -0.1) is 0 Å². The van der Waals surface area contributed by atoms with Crippen LogP contribution in [-0.4, -0.2) is 51.1 Å². The van der Waals surface area contributed by atoms with E-state index in [9.17, 15) is 23.9 Å². The van der Waals surface area contributed by atoms with E-state index in [0.717, 1.165) is 70.8 Å². The van der Waals surface area contributed by atoms with Gasteiger partial charge in [0.05, 0.1) is 21.0 Å². The number of unbranched alkanes of at least 4 members (excludes halogenated alkanes) is 14. The van der Waals surface area contributed by atoms with Gasteiger partial charge in [0.1, 0.15) is 12.9 Å². The molecule has 0 rings (SSSR count). The minimum absolute atomic E-state index is 0. The first-order chi connectivity index (χ1) is 18.2. The molecule has 1 amide bonds. The average molecular weight is 612 g/mol. The van der Waals surface area contributed by atoms with Gasteiger partial charge in [-0.2, -0.15) is 0 Å². The van der Waals surface area contributed by atoms with E-state index in [1.165, 1.54) is 39.0 Å². The molecule has 0 aliphatic carbocycles. The zero-order valence-electron chi connectivity index (χ0n) is 25.8. The number of phosphoric acid groups is 1. The van der Waals surface area contributed by atoms with Gasteiger partial charge in [-0.05, 0) is 19.3 Å². The molecule has 0 spiro atoms. The maximum absolute atomic E-state index is 12.1. The number of rotatable bonds is 28. The van der Waals surface area contributed by atoms with E-state index in [1.54, 1.807) is 0 Å². The summed E-state index contributed by atoms with van der Waals surface area (Å²) in [5.41, 5.74) is 0. The molecule has 0 saturated carbocycles. The molecule has 40 heavy (non-hydrogen) atoms. The number of carbonyl (C=O) groups is 2. The van der Waals surface area contributed by atoms with E-state index in [4.69, 9.17) is 14.2 Å². The summed E-state index contributed by atoms with van der Waals surface area (Å²) < 4.78 is 31.2. The van der Waals surface area contributed by atoms with Gasteiger partial charge in [0.15, 0.2) is 0 Å². The number of carbonyl (C=O) groups excluding carboxylic acids is 2. The second-order valence-corrected chi connectivity index (χ2v) is 10.9. The van der Waals surface area contributed by atoms with Gasteiger partial charge in [0, 0.05) is 26.5 Å². The van der Waals surface area contributed by atoms with E-state index in [-0.39, 0.29) is 84.8 Å². The normalized spacial score (nSPS) is 11.8. The second kappa shape index (κ2) is 32.9. The van der Waals surface area contributed by atoms with Gasteiger partial charge in [-0.1, -0.05) is 90.4 Å². The first-order valence-corrected chi connectivity index (χ1v) is 16.0. The minimum atomic E-state index is -5.18. The Morgan fingerprint density at radius 2 is 1.27 bits per heavy atom. The maximum Gasteiger partial charge on any atom is 1.00 e. The summed E-state index contributed by atoms with van der Waals surface area (Å²) in [6.07, 6.45) is 16.8. The topological polar surface area (TPSA) is 146 Å². The number of ether oxygens (including phenoxy) is 3. The molecule has 0 aliphatic heterocycles. The van der Waals surface area contributed by atoms with Gasteiger partial charge in [0.2, 0.25) is 5.91 Å². The van der Waals surface area contributed by atoms with Gasteiger partial charge in [-0.3, -0.25) is 9.59 Å². The molecule has 1 atom stereocenters. The van der Waals surface area contributed by atoms with Gasteiger partial charge >= 0.3 is 65.1 Å². The fraction of sp³-hybridized carbons (Fsp3) is 0.926. The van der Waals surface area contributed by atoms with Crippen molar-refractivity contribution in [2.24, 2.45) is 0 Å². The zero-order chi connectivity index (χ0) is 28.3. The van der Waals surface area contributed by atoms with E-state index in [2.05, 4.69) is 16.8 Å². The predicted molar refractivity (Wildman–Crippen MR) is 143 cm³/mol. The Kier molecular flexibility index (Phi) is 37.3. The van der Waals surface area contributed by atoms with Gasteiger partial charge in [0.25, 0.3) is 0 Å². The molecule has 0 aromatic heterocycles. The molecule has 0 aromatic rings. The number of hydrogen-bond donors (Lipinski definition) is 1. The largest absolute Gasteiger partial charge is 1.00 e. The van der Waals surface area contributed by atoms with Crippen LogP contribution in [0.15, 0.2) is 0 Å². The van der Waals surface area contributed by atoms with E-state index >= 15 is 0 Å². The predicted octanol–water partition coefficient (Wildman–Crippen LogP) is -1.47. The van der Waals surface area contributed by atoms with Crippen molar-refractivity contribution in [1.82, 2.24) is 5.32 Å². The van der Waals surface area contributed by atoms with E-state index in [1.807, 2.05) is 0 Å². The standard InChI is InChI=1S/C27H54NO9P.2Na/c1-3-4-5-6-7-8-10-13-16-19-27(30)37-26(23-36-38(31,32)33)22-35-24-34-21-18-15-12-9-11-14-17-20-28-25(2)29;;/h26H,3-24H2,1-2H3,(H,28,29)(H2,31,32,33);;/q;2*+1/p-2/t26-;;/m0../s1. The fourth-order valence-electron chi connectivity index (χ4n) is 3.89. The van der Waals surface area contributed by atoms with E-state index < -0.39 is 26.5 Å². The third-order valence-corrected chi connectivity index (χ3v) is 6.48. The van der Waals surface area contributed by atoms with Gasteiger partial charge in [-0.25, -0.2) is 0 Å². The number of nitrogens with one attached hydrogen (secondary N) is 1. The van der Waals surface area contributed by atoms with Crippen LogP contribution in [0.25, 0.3) is 0 Å².